The van der Waals surface area contributed by atoms with Crippen LogP contribution >= 0.6 is 0 Å². The lowest BCUT2D eigenvalue weighted by atomic mass is 10.0. The van der Waals surface area contributed by atoms with Crippen molar-refractivity contribution in [3.8, 4) is 11.5 Å². The number of nitrogens with zero attached hydrogens (tertiary/aromatic N) is 1. The Morgan fingerprint density at radius 3 is 2.35 bits per heavy atom. The Balaban J connectivity index is 1.68. The molecule has 0 unspecified atom stereocenters. The number of fused-ring (bicyclic) bond motifs is 2. The fourth-order valence-electron chi connectivity index (χ4n) is 2.86. The zero-order valence-electron chi connectivity index (χ0n) is 12.1. The number of alkyl halides is 3. The smallest absolute Gasteiger partial charge is 0.416 e. The molecular formula is C17H13F3NO2+. The van der Waals surface area contributed by atoms with Crippen molar-refractivity contribution in [1.82, 2.24) is 0 Å². The molecule has 6 heteroatoms. The monoisotopic (exact) mass is 320 g/mol. The quantitative estimate of drug-likeness (QED) is 0.746. The number of benzene rings is 2. The van der Waals surface area contributed by atoms with Crippen LogP contribution in [0.4, 0.5) is 18.9 Å². The van der Waals surface area contributed by atoms with E-state index in [0.717, 1.165) is 41.1 Å². The zero-order chi connectivity index (χ0) is 16.0. The summed E-state index contributed by atoms with van der Waals surface area (Å²) in [6.07, 6.45) is -1.58. The molecule has 2 aliphatic rings. The largest absolute Gasteiger partial charge is 0.454 e. The minimum Gasteiger partial charge on any atom is -0.454 e. The van der Waals surface area contributed by atoms with E-state index in [9.17, 15) is 13.2 Å². The Labute approximate surface area is 130 Å². The minimum atomic E-state index is -4.31. The van der Waals surface area contributed by atoms with Crippen molar-refractivity contribution in [3.63, 3.8) is 0 Å². The summed E-state index contributed by atoms with van der Waals surface area (Å²) in [5.74, 6) is 1.45. The zero-order valence-corrected chi connectivity index (χ0v) is 12.1. The fourth-order valence-corrected chi connectivity index (χ4v) is 2.86. The second-order valence-corrected chi connectivity index (χ2v) is 5.52. The van der Waals surface area contributed by atoms with Crippen LogP contribution in [-0.2, 0) is 12.6 Å². The highest BCUT2D eigenvalue weighted by Gasteiger charge is 2.31. The lowest BCUT2D eigenvalue weighted by molar-refractivity contribution is -0.436. The first-order valence-electron chi connectivity index (χ1n) is 7.22. The molecule has 2 aromatic rings. The molecule has 2 aliphatic heterocycles. The number of hydrogen-bond acceptors (Lipinski definition) is 2. The molecule has 0 atom stereocenters. The van der Waals surface area contributed by atoms with Crippen LogP contribution in [0.2, 0.25) is 0 Å². The molecule has 2 aromatic carbocycles. The molecule has 0 saturated heterocycles. The van der Waals surface area contributed by atoms with Crippen molar-refractivity contribution in [2.24, 2.45) is 0 Å². The summed E-state index contributed by atoms with van der Waals surface area (Å²) in [5, 5.41) is 0. The molecule has 0 N–H and O–H groups in total. The van der Waals surface area contributed by atoms with Gasteiger partial charge < -0.3 is 9.47 Å². The molecule has 3 nitrogen and oxygen atoms in total. The van der Waals surface area contributed by atoms with Crippen molar-refractivity contribution in [1.29, 1.82) is 0 Å². The van der Waals surface area contributed by atoms with E-state index in [4.69, 9.17) is 9.47 Å². The summed E-state index contributed by atoms with van der Waals surface area (Å²) in [6, 6.07) is 9.09. The molecule has 0 amide bonds. The Morgan fingerprint density at radius 2 is 1.65 bits per heavy atom. The van der Waals surface area contributed by atoms with Gasteiger partial charge in [0, 0.05) is 24.1 Å². The first-order chi connectivity index (χ1) is 11.0. The molecule has 23 heavy (non-hydrogen) atoms. The lowest BCUT2D eigenvalue weighted by Gasteiger charge is -2.13. The van der Waals surface area contributed by atoms with Crippen molar-refractivity contribution >= 4 is 11.9 Å². The Hall–Kier alpha value is -2.50. The van der Waals surface area contributed by atoms with Crippen LogP contribution in [0.5, 0.6) is 11.5 Å². The third kappa shape index (κ3) is 2.54. The number of halogens is 3. The number of rotatable bonds is 1. The van der Waals surface area contributed by atoms with Gasteiger partial charge in [0.1, 0.15) is 0 Å². The van der Waals surface area contributed by atoms with Crippen LogP contribution in [0.25, 0.3) is 0 Å². The van der Waals surface area contributed by atoms with E-state index in [0.29, 0.717) is 12.3 Å². The maximum absolute atomic E-state index is 12.6. The van der Waals surface area contributed by atoms with Crippen LogP contribution in [0.3, 0.4) is 0 Å². The van der Waals surface area contributed by atoms with E-state index >= 15 is 0 Å². The Kier molecular flexibility index (Phi) is 3.07. The third-order valence-electron chi connectivity index (χ3n) is 4.08. The van der Waals surface area contributed by atoms with Crippen LogP contribution in [0.15, 0.2) is 36.4 Å². The van der Waals surface area contributed by atoms with Gasteiger partial charge in [0.15, 0.2) is 24.3 Å². The molecule has 0 spiro atoms. The highest BCUT2D eigenvalue weighted by atomic mass is 19.4. The third-order valence-corrected chi connectivity index (χ3v) is 4.08. The van der Waals surface area contributed by atoms with Crippen molar-refractivity contribution < 1.29 is 27.2 Å². The molecule has 0 radical (unpaired) electrons. The molecule has 0 fully saturated rings. The number of hydrogen-bond donors (Lipinski definition) is 0. The lowest BCUT2D eigenvalue weighted by Crippen LogP contribution is -2.18. The van der Waals surface area contributed by atoms with E-state index in [1.165, 1.54) is 12.1 Å². The summed E-state index contributed by atoms with van der Waals surface area (Å²) >= 11 is 0. The Bertz CT molecular complexity index is 795. The van der Waals surface area contributed by atoms with Crippen LogP contribution in [0.1, 0.15) is 16.7 Å². The molecule has 4 rings (SSSR count). The summed E-state index contributed by atoms with van der Waals surface area (Å²) in [5.41, 5.74) is 2.25. The van der Waals surface area contributed by atoms with Gasteiger partial charge in [0.05, 0.1) is 5.56 Å². The molecule has 0 saturated carbocycles. The standard InChI is InChI=1S/C17H13F3NO2/c18-17(19,20)13-1-3-14(4-2-13)21-6-5-11-7-15-16(23-10-22-15)8-12(11)9-21/h1-4,7-9H,5-6,10H2/q+1. The highest BCUT2D eigenvalue weighted by molar-refractivity contribution is 5.81. The van der Waals surface area contributed by atoms with Crippen molar-refractivity contribution in [2.45, 2.75) is 12.6 Å². The summed E-state index contributed by atoms with van der Waals surface area (Å²) in [4.78, 5) is 0. The first kappa shape index (κ1) is 14.1. The molecule has 0 bridgehead atoms. The van der Waals surface area contributed by atoms with Gasteiger partial charge in [0.25, 0.3) is 0 Å². The second-order valence-electron chi connectivity index (χ2n) is 5.52. The van der Waals surface area contributed by atoms with E-state index in [1.807, 2.05) is 22.9 Å². The van der Waals surface area contributed by atoms with Gasteiger partial charge in [0.2, 0.25) is 12.5 Å². The van der Waals surface area contributed by atoms with Crippen molar-refractivity contribution in [3.05, 3.63) is 53.1 Å². The molecule has 0 aromatic heterocycles. The topological polar surface area (TPSA) is 21.5 Å². The normalized spacial score (nSPS) is 16.0. The van der Waals surface area contributed by atoms with Gasteiger partial charge in [-0.25, -0.2) is 0 Å². The summed E-state index contributed by atoms with van der Waals surface area (Å²) in [6.45, 7) is 0.929. The summed E-state index contributed by atoms with van der Waals surface area (Å²) < 4.78 is 50.6. The van der Waals surface area contributed by atoms with E-state index in [-0.39, 0.29) is 6.79 Å². The fraction of sp³-hybridized carbons (Fsp3) is 0.235. The minimum absolute atomic E-state index is 0.223. The van der Waals surface area contributed by atoms with Gasteiger partial charge in [-0.15, -0.1) is 0 Å². The van der Waals surface area contributed by atoms with Gasteiger partial charge in [-0.3, -0.25) is 0 Å². The van der Waals surface area contributed by atoms with Crippen LogP contribution in [0, 0.1) is 0 Å². The Morgan fingerprint density at radius 1 is 0.957 bits per heavy atom. The maximum Gasteiger partial charge on any atom is 0.416 e. The summed E-state index contributed by atoms with van der Waals surface area (Å²) in [7, 11) is 0. The molecule has 2 heterocycles. The van der Waals surface area contributed by atoms with Gasteiger partial charge >= 0.3 is 6.18 Å². The second kappa shape index (κ2) is 5.01. The average Bonchev–Trinajstić information content (AvgIpc) is 2.98. The first-order valence-corrected chi connectivity index (χ1v) is 7.22. The SMILES string of the molecule is FC(F)(F)c1ccc([N+]2=Cc3cc4c(cc3CC2)OCO4)cc1. The maximum atomic E-state index is 12.6. The van der Waals surface area contributed by atoms with E-state index < -0.39 is 11.7 Å². The number of ether oxygens (including phenoxy) is 2. The van der Waals surface area contributed by atoms with Gasteiger partial charge in [-0.2, -0.15) is 17.7 Å². The molecule has 0 aliphatic carbocycles. The van der Waals surface area contributed by atoms with Crippen LogP contribution < -0.4 is 9.47 Å². The van der Waals surface area contributed by atoms with E-state index in [2.05, 4.69) is 0 Å². The highest BCUT2D eigenvalue weighted by Crippen LogP contribution is 2.36. The van der Waals surface area contributed by atoms with Crippen LogP contribution in [-0.4, -0.2) is 24.1 Å². The molecule has 118 valence electrons. The molecular weight excluding hydrogens is 307 g/mol. The van der Waals surface area contributed by atoms with Gasteiger partial charge in [-0.05, 0) is 29.8 Å². The predicted molar refractivity (Wildman–Crippen MR) is 77.7 cm³/mol. The van der Waals surface area contributed by atoms with E-state index in [1.54, 1.807) is 0 Å². The van der Waals surface area contributed by atoms with Crippen molar-refractivity contribution in [2.75, 3.05) is 13.3 Å². The average molecular weight is 320 g/mol. The van der Waals surface area contributed by atoms with Gasteiger partial charge in [-0.1, -0.05) is 0 Å². The predicted octanol–water partition coefficient (Wildman–Crippen LogP) is 3.75.